The van der Waals surface area contributed by atoms with E-state index in [1.165, 1.54) is 0 Å². The molecule has 2 aliphatic heterocycles. The average molecular weight is 404 g/mol. The van der Waals surface area contributed by atoms with Crippen molar-refractivity contribution in [3.63, 3.8) is 0 Å². The fourth-order valence-electron chi connectivity index (χ4n) is 4.05. The van der Waals surface area contributed by atoms with Gasteiger partial charge in [-0.3, -0.25) is 9.59 Å². The van der Waals surface area contributed by atoms with E-state index in [0.29, 0.717) is 38.2 Å². The molecule has 1 N–H and O–H groups in total. The summed E-state index contributed by atoms with van der Waals surface area (Å²) in [4.78, 5) is 31.7. The summed E-state index contributed by atoms with van der Waals surface area (Å²) < 4.78 is 24.7. The smallest absolute Gasteiger partial charge is 0.293 e. The molecule has 1 amide bonds. The summed E-state index contributed by atoms with van der Waals surface area (Å²) in [5.74, 6) is 0.356. The second kappa shape index (κ2) is 7.20. The van der Waals surface area contributed by atoms with Crippen LogP contribution >= 0.6 is 0 Å². The van der Waals surface area contributed by atoms with Crippen LogP contribution in [-0.4, -0.2) is 54.5 Å². The van der Waals surface area contributed by atoms with Gasteiger partial charge in [0.15, 0.2) is 15.7 Å². The summed E-state index contributed by atoms with van der Waals surface area (Å²) in [7, 11) is -1.27. The fraction of sp³-hybridized carbons (Fsp3) is 0.526. The van der Waals surface area contributed by atoms with Crippen molar-refractivity contribution in [1.29, 1.82) is 0 Å². The maximum absolute atomic E-state index is 12.7. The van der Waals surface area contributed by atoms with E-state index in [1.807, 2.05) is 29.2 Å². The number of carbonyl (C=O) groups excluding carboxylic acids is 1. The number of para-hydroxylation sites is 2. The molecule has 0 aliphatic carbocycles. The van der Waals surface area contributed by atoms with E-state index in [0.717, 1.165) is 11.0 Å². The van der Waals surface area contributed by atoms with E-state index in [2.05, 4.69) is 10.3 Å². The Morgan fingerprint density at radius 3 is 2.57 bits per heavy atom. The molecule has 9 heteroatoms. The number of hydrogen-bond acceptors (Lipinski definition) is 6. The number of rotatable bonds is 3. The summed E-state index contributed by atoms with van der Waals surface area (Å²) in [5, 5.41) is 2.89. The number of anilines is 1. The number of amides is 1. The summed E-state index contributed by atoms with van der Waals surface area (Å²) in [6, 6.07) is 7.25. The molecule has 4 rings (SSSR count). The number of aryl methyl sites for hydroxylation is 1. The van der Waals surface area contributed by atoms with Crippen molar-refractivity contribution in [1.82, 2.24) is 14.9 Å². The molecule has 2 aliphatic rings. The summed E-state index contributed by atoms with van der Waals surface area (Å²) >= 11 is 0. The normalized spacial score (nSPS) is 22.5. The first-order valence-corrected chi connectivity index (χ1v) is 11.4. The van der Waals surface area contributed by atoms with Gasteiger partial charge in [0.1, 0.15) is 0 Å². The molecular formula is C19H24N4O4S. The van der Waals surface area contributed by atoms with Crippen LogP contribution in [0.25, 0.3) is 11.0 Å². The van der Waals surface area contributed by atoms with E-state index >= 15 is 0 Å². The van der Waals surface area contributed by atoms with Crippen LogP contribution in [0.1, 0.15) is 19.3 Å². The van der Waals surface area contributed by atoms with Crippen molar-refractivity contribution in [3.8, 4) is 0 Å². The summed E-state index contributed by atoms with van der Waals surface area (Å²) in [6.07, 6.45) is 1.72. The number of piperidine rings is 1. The Balaban J connectivity index is 1.43. The minimum Gasteiger partial charge on any atom is -0.352 e. The maximum atomic E-state index is 12.7. The molecule has 8 nitrogen and oxygen atoms in total. The number of fused-ring (bicyclic) bond motifs is 1. The molecule has 2 fully saturated rings. The topological polar surface area (TPSA) is 101 Å². The molecule has 2 saturated heterocycles. The third-order valence-corrected chi connectivity index (χ3v) is 7.48. The van der Waals surface area contributed by atoms with Gasteiger partial charge in [-0.1, -0.05) is 12.1 Å². The molecule has 150 valence electrons. The number of nitrogens with zero attached hydrogens (tertiary/aromatic N) is 3. The molecule has 0 unspecified atom stereocenters. The molecule has 28 heavy (non-hydrogen) atoms. The first-order chi connectivity index (χ1) is 13.3. The lowest BCUT2D eigenvalue weighted by molar-refractivity contribution is -0.126. The third-order valence-electron chi connectivity index (χ3n) is 5.71. The van der Waals surface area contributed by atoms with Gasteiger partial charge in [-0.15, -0.1) is 0 Å². The third kappa shape index (κ3) is 3.63. The highest BCUT2D eigenvalue weighted by Gasteiger charge is 2.32. The Kier molecular flexibility index (Phi) is 4.86. The van der Waals surface area contributed by atoms with Crippen LogP contribution in [-0.2, 0) is 21.7 Å². The average Bonchev–Trinajstić information content (AvgIpc) is 3.03. The molecule has 0 saturated carbocycles. The van der Waals surface area contributed by atoms with Gasteiger partial charge in [-0.25, -0.2) is 13.4 Å². The lowest BCUT2D eigenvalue weighted by atomic mass is 9.95. The number of benzene rings is 1. The number of nitrogens with one attached hydrogen (secondary N) is 1. The van der Waals surface area contributed by atoms with Crippen molar-refractivity contribution >= 4 is 32.6 Å². The van der Waals surface area contributed by atoms with Crippen LogP contribution in [0.5, 0.6) is 0 Å². The number of aromatic nitrogens is 2. The Hall–Kier alpha value is -2.42. The zero-order valence-corrected chi connectivity index (χ0v) is 16.6. The van der Waals surface area contributed by atoms with E-state index in [9.17, 15) is 18.0 Å². The van der Waals surface area contributed by atoms with Gasteiger partial charge >= 0.3 is 0 Å². The van der Waals surface area contributed by atoms with Crippen molar-refractivity contribution < 1.29 is 13.2 Å². The van der Waals surface area contributed by atoms with Gasteiger partial charge in [-0.2, -0.15) is 0 Å². The molecule has 0 spiro atoms. The number of hydrogen-bond donors (Lipinski definition) is 1. The Labute approximate surface area is 163 Å². The van der Waals surface area contributed by atoms with E-state index in [4.69, 9.17) is 0 Å². The molecule has 1 aromatic heterocycles. The zero-order valence-electron chi connectivity index (χ0n) is 15.8. The predicted octanol–water partition coefficient (Wildman–Crippen LogP) is 0.453. The first-order valence-electron chi connectivity index (χ1n) is 9.55. The second-order valence-electron chi connectivity index (χ2n) is 7.66. The molecule has 0 bridgehead atoms. The van der Waals surface area contributed by atoms with Crippen molar-refractivity contribution in [2.45, 2.75) is 25.3 Å². The SMILES string of the molecule is Cn1c(=O)c(N2CCC(C(=O)N[C@@H]3CCS(=O)(=O)C3)CC2)nc2ccccc21. The van der Waals surface area contributed by atoms with Gasteiger partial charge in [-0.05, 0) is 31.4 Å². The lowest BCUT2D eigenvalue weighted by Crippen LogP contribution is -2.45. The highest BCUT2D eigenvalue weighted by atomic mass is 32.2. The molecular weight excluding hydrogens is 380 g/mol. The maximum Gasteiger partial charge on any atom is 0.293 e. The summed E-state index contributed by atoms with van der Waals surface area (Å²) in [5.41, 5.74) is 1.41. The Bertz CT molecular complexity index is 1070. The van der Waals surface area contributed by atoms with Crippen LogP contribution in [0.3, 0.4) is 0 Å². The van der Waals surface area contributed by atoms with Crippen LogP contribution in [0.15, 0.2) is 29.1 Å². The van der Waals surface area contributed by atoms with Crippen molar-refractivity contribution in [2.75, 3.05) is 29.5 Å². The van der Waals surface area contributed by atoms with Crippen molar-refractivity contribution in [3.05, 3.63) is 34.6 Å². The molecule has 1 aromatic carbocycles. The Morgan fingerprint density at radius 1 is 1.18 bits per heavy atom. The van der Waals surface area contributed by atoms with Gasteiger partial charge < -0.3 is 14.8 Å². The quantitative estimate of drug-likeness (QED) is 0.797. The molecule has 3 heterocycles. The zero-order chi connectivity index (χ0) is 19.9. The minimum atomic E-state index is -3.01. The van der Waals surface area contributed by atoms with E-state index < -0.39 is 9.84 Å². The Morgan fingerprint density at radius 2 is 1.89 bits per heavy atom. The first kappa shape index (κ1) is 18.9. The van der Waals surface area contributed by atoms with Gasteiger partial charge in [0, 0.05) is 32.1 Å². The van der Waals surface area contributed by atoms with Gasteiger partial charge in [0.2, 0.25) is 5.91 Å². The van der Waals surface area contributed by atoms with E-state index in [1.54, 1.807) is 11.6 Å². The fourth-order valence-corrected chi connectivity index (χ4v) is 5.72. The molecule has 2 aromatic rings. The minimum absolute atomic E-state index is 0.0363. The lowest BCUT2D eigenvalue weighted by Gasteiger charge is -2.32. The monoisotopic (exact) mass is 404 g/mol. The van der Waals surface area contributed by atoms with Crippen LogP contribution in [0.2, 0.25) is 0 Å². The van der Waals surface area contributed by atoms with Crippen molar-refractivity contribution in [2.24, 2.45) is 13.0 Å². The summed E-state index contributed by atoms with van der Waals surface area (Å²) in [6.45, 7) is 1.14. The highest BCUT2D eigenvalue weighted by molar-refractivity contribution is 7.91. The van der Waals surface area contributed by atoms with Crippen LogP contribution < -0.4 is 15.8 Å². The van der Waals surface area contributed by atoms with E-state index in [-0.39, 0.29) is 34.9 Å². The van der Waals surface area contributed by atoms with Gasteiger partial charge in [0.25, 0.3) is 5.56 Å². The highest BCUT2D eigenvalue weighted by Crippen LogP contribution is 2.22. The van der Waals surface area contributed by atoms with Crippen LogP contribution in [0.4, 0.5) is 5.82 Å². The number of sulfone groups is 1. The standard InChI is InChI=1S/C19H24N4O4S/c1-22-16-5-3-2-4-15(16)21-17(19(22)25)23-9-6-13(7-10-23)18(24)20-14-8-11-28(26,27)12-14/h2-5,13-14H,6-12H2,1H3,(H,20,24)/t14-/m1/s1. The van der Waals surface area contributed by atoms with Gasteiger partial charge in [0.05, 0.1) is 22.5 Å². The molecule has 0 radical (unpaired) electrons. The number of carbonyl (C=O) groups is 1. The predicted molar refractivity (Wildman–Crippen MR) is 107 cm³/mol. The molecule has 1 atom stereocenters. The van der Waals surface area contributed by atoms with Crippen LogP contribution in [0, 0.1) is 5.92 Å². The second-order valence-corrected chi connectivity index (χ2v) is 9.89. The largest absolute Gasteiger partial charge is 0.352 e.